The van der Waals surface area contributed by atoms with Crippen molar-refractivity contribution >= 4 is 0 Å². The minimum atomic E-state index is 0.145. The van der Waals surface area contributed by atoms with Gasteiger partial charge in [0.25, 0.3) is 0 Å². The van der Waals surface area contributed by atoms with Gasteiger partial charge in [0.2, 0.25) is 0 Å². The molecular weight excluding hydrogens is 128 g/mol. The Bertz CT molecular complexity index is 76.0. The maximum Gasteiger partial charge on any atom is 0.128 e. The van der Waals surface area contributed by atoms with E-state index in [0.717, 1.165) is 13.0 Å². The molecular formula is C7H18N2O. The van der Waals surface area contributed by atoms with Crippen molar-refractivity contribution in [3.8, 4) is 0 Å². The van der Waals surface area contributed by atoms with Crippen LogP contribution in [0.1, 0.15) is 20.3 Å². The second-order valence-electron chi connectivity index (χ2n) is 2.58. The van der Waals surface area contributed by atoms with E-state index >= 15 is 0 Å². The van der Waals surface area contributed by atoms with Gasteiger partial charge in [-0.15, -0.1) is 0 Å². The number of nitrogens with zero attached hydrogens (tertiary/aromatic N) is 1. The minimum Gasteiger partial charge on any atom is -0.283 e. The number of hydrogen-bond acceptors (Lipinski definition) is 3. The number of hydrogen-bond donors (Lipinski definition) is 1. The van der Waals surface area contributed by atoms with Crippen LogP contribution in [0.4, 0.5) is 0 Å². The summed E-state index contributed by atoms with van der Waals surface area (Å²) in [5.41, 5.74) is 2.87. The summed E-state index contributed by atoms with van der Waals surface area (Å²) in [6.45, 7) is 5.03. The standard InChI is InChI=1S/C7H18N2O/c1-5-6-8-10-7(2)9(3)4/h7-8H,5-6H2,1-4H3. The lowest BCUT2D eigenvalue weighted by Crippen LogP contribution is -2.33. The first-order chi connectivity index (χ1) is 4.68. The van der Waals surface area contributed by atoms with Gasteiger partial charge >= 0.3 is 0 Å². The summed E-state index contributed by atoms with van der Waals surface area (Å²) in [6.07, 6.45) is 1.24. The normalized spacial score (nSPS) is 14.1. The molecule has 0 saturated carbocycles. The van der Waals surface area contributed by atoms with E-state index in [1.807, 2.05) is 25.9 Å². The fourth-order valence-corrected chi connectivity index (χ4v) is 0.387. The zero-order chi connectivity index (χ0) is 7.98. The second kappa shape index (κ2) is 5.65. The first-order valence-electron chi connectivity index (χ1n) is 3.73. The summed E-state index contributed by atoms with van der Waals surface area (Å²) in [5.74, 6) is 0. The third-order valence-corrected chi connectivity index (χ3v) is 1.33. The molecule has 3 heteroatoms. The minimum absolute atomic E-state index is 0.145. The second-order valence-corrected chi connectivity index (χ2v) is 2.58. The van der Waals surface area contributed by atoms with Crippen molar-refractivity contribution in [2.75, 3.05) is 20.6 Å². The van der Waals surface area contributed by atoms with Crippen LogP contribution in [0.3, 0.4) is 0 Å². The Kier molecular flexibility index (Phi) is 5.58. The molecule has 0 heterocycles. The molecule has 62 valence electrons. The van der Waals surface area contributed by atoms with Gasteiger partial charge in [-0.2, -0.15) is 0 Å². The SMILES string of the molecule is CCCNOC(C)N(C)C. The Labute approximate surface area is 63.3 Å². The summed E-state index contributed by atoms with van der Waals surface area (Å²) < 4.78 is 0. The molecule has 0 aliphatic rings. The molecule has 0 rings (SSSR count). The molecule has 0 aliphatic heterocycles. The molecule has 0 aromatic heterocycles. The summed E-state index contributed by atoms with van der Waals surface area (Å²) in [5, 5.41) is 0. The van der Waals surface area contributed by atoms with Crippen molar-refractivity contribution < 1.29 is 4.84 Å². The molecule has 0 fully saturated rings. The van der Waals surface area contributed by atoms with E-state index in [0.29, 0.717) is 0 Å². The van der Waals surface area contributed by atoms with Gasteiger partial charge < -0.3 is 0 Å². The zero-order valence-electron chi connectivity index (χ0n) is 7.35. The fraction of sp³-hybridized carbons (Fsp3) is 1.00. The first kappa shape index (κ1) is 9.88. The Morgan fingerprint density at radius 1 is 1.50 bits per heavy atom. The van der Waals surface area contributed by atoms with Gasteiger partial charge in [0, 0.05) is 6.54 Å². The monoisotopic (exact) mass is 146 g/mol. The number of hydroxylamine groups is 1. The van der Waals surface area contributed by atoms with Gasteiger partial charge in [0.05, 0.1) is 0 Å². The summed E-state index contributed by atoms with van der Waals surface area (Å²) >= 11 is 0. The van der Waals surface area contributed by atoms with Gasteiger partial charge in [-0.25, -0.2) is 5.48 Å². The van der Waals surface area contributed by atoms with Crippen molar-refractivity contribution in [2.45, 2.75) is 26.5 Å². The molecule has 0 radical (unpaired) electrons. The van der Waals surface area contributed by atoms with E-state index in [1.54, 1.807) is 0 Å². The number of rotatable bonds is 5. The van der Waals surface area contributed by atoms with Gasteiger partial charge in [0.1, 0.15) is 6.23 Å². The summed E-state index contributed by atoms with van der Waals surface area (Å²) in [7, 11) is 3.97. The smallest absolute Gasteiger partial charge is 0.128 e. The lowest BCUT2D eigenvalue weighted by Gasteiger charge is -2.19. The Hall–Kier alpha value is -0.120. The molecule has 1 unspecified atom stereocenters. The molecule has 3 nitrogen and oxygen atoms in total. The highest BCUT2D eigenvalue weighted by atomic mass is 16.7. The molecule has 0 spiro atoms. The topological polar surface area (TPSA) is 24.5 Å². The van der Waals surface area contributed by atoms with Crippen molar-refractivity contribution in [1.82, 2.24) is 10.4 Å². The van der Waals surface area contributed by atoms with Crippen LogP contribution in [0.2, 0.25) is 0 Å². The first-order valence-corrected chi connectivity index (χ1v) is 3.73. The maximum absolute atomic E-state index is 5.22. The van der Waals surface area contributed by atoms with Crippen molar-refractivity contribution in [2.24, 2.45) is 0 Å². The van der Waals surface area contributed by atoms with E-state index in [4.69, 9.17) is 4.84 Å². The van der Waals surface area contributed by atoms with Crippen molar-refractivity contribution in [1.29, 1.82) is 0 Å². The molecule has 0 bridgehead atoms. The molecule has 0 amide bonds. The van der Waals surface area contributed by atoms with Crippen LogP contribution in [-0.2, 0) is 4.84 Å². The maximum atomic E-state index is 5.22. The summed E-state index contributed by atoms with van der Waals surface area (Å²) in [4.78, 5) is 7.22. The van der Waals surface area contributed by atoms with Crippen LogP contribution in [-0.4, -0.2) is 31.8 Å². The van der Waals surface area contributed by atoms with Crippen LogP contribution >= 0.6 is 0 Å². The highest BCUT2D eigenvalue weighted by Gasteiger charge is 2.01. The van der Waals surface area contributed by atoms with Gasteiger partial charge in [-0.1, -0.05) is 6.92 Å². The average Bonchev–Trinajstić information content (AvgIpc) is 1.88. The van der Waals surface area contributed by atoms with Crippen LogP contribution < -0.4 is 5.48 Å². The van der Waals surface area contributed by atoms with Crippen molar-refractivity contribution in [3.05, 3.63) is 0 Å². The molecule has 0 aromatic rings. The predicted octanol–water partition coefficient (Wildman–Crippen LogP) is 0.825. The molecule has 0 aromatic carbocycles. The largest absolute Gasteiger partial charge is 0.283 e. The molecule has 1 atom stereocenters. The van der Waals surface area contributed by atoms with Gasteiger partial charge in [-0.05, 0) is 27.4 Å². The third-order valence-electron chi connectivity index (χ3n) is 1.33. The van der Waals surface area contributed by atoms with Gasteiger partial charge in [-0.3, -0.25) is 9.74 Å². The van der Waals surface area contributed by atoms with Crippen LogP contribution in [0.25, 0.3) is 0 Å². The quantitative estimate of drug-likeness (QED) is 0.353. The fourth-order valence-electron chi connectivity index (χ4n) is 0.387. The van der Waals surface area contributed by atoms with E-state index in [1.165, 1.54) is 0 Å². The molecule has 1 N–H and O–H groups in total. The molecule has 0 saturated heterocycles. The van der Waals surface area contributed by atoms with Gasteiger partial charge in [0.15, 0.2) is 0 Å². The van der Waals surface area contributed by atoms with E-state index < -0.39 is 0 Å². The summed E-state index contributed by atoms with van der Waals surface area (Å²) in [6, 6.07) is 0. The Morgan fingerprint density at radius 2 is 2.10 bits per heavy atom. The van der Waals surface area contributed by atoms with E-state index in [2.05, 4.69) is 12.4 Å². The lowest BCUT2D eigenvalue weighted by molar-refractivity contribution is -0.0819. The lowest BCUT2D eigenvalue weighted by atomic mass is 10.5. The average molecular weight is 146 g/mol. The van der Waals surface area contributed by atoms with Crippen LogP contribution in [0.15, 0.2) is 0 Å². The highest BCUT2D eigenvalue weighted by molar-refractivity contribution is 4.41. The van der Waals surface area contributed by atoms with Crippen LogP contribution in [0, 0.1) is 0 Å². The zero-order valence-corrected chi connectivity index (χ0v) is 7.35. The Balaban J connectivity index is 3.13. The number of nitrogens with one attached hydrogen (secondary N) is 1. The third kappa shape index (κ3) is 4.73. The molecule has 10 heavy (non-hydrogen) atoms. The van der Waals surface area contributed by atoms with E-state index in [9.17, 15) is 0 Å². The predicted molar refractivity (Wildman–Crippen MR) is 42.5 cm³/mol. The Morgan fingerprint density at radius 3 is 2.50 bits per heavy atom. The highest BCUT2D eigenvalue weighted by Crippen LogP contribution is 1.89. The van der Waals surface area contributed by atoms with Crippen LogP contribution in [0.5, 0.6) is 0 Å². The van der Waals surface area contributed by atoms with Crippen molar-refractivity contribution in [3.63, 3.8) is 0 Å². The molecule has 0 aliphatic carbocycles. The van der Waals surface area contributed by atoms with E-state index in [-0.39, 0.29) is 6.23 Å².